The number of carbonyl (C=O) groups is 1. The van der Waals surface area contributed by atoms with E-state index in [2.05, 4.69) is 30.5 Å². The Labute approximate surface area is 168 Å². The first kappa shape index (κ1) is 18.6. The van der Waals surface area contributed by atoms with Gasteiger partial charge in [0.2, 0.25) is 5.91 Å². The quantitative estimate of drug-likeness (QED) is 0.614. The van der Waals surface area contributed by atoms with Crippen molar-refractivity contribution in [3.63, 3.8) is 0 Å². The molecule has 0 unspecified atom stereocenters. The summed E-state index contributed by atoms with van der Waals surface area (Å²) in [6.45, 7) is 3.86. The maximum atomic E-state index is 12.4. The molecule has 1 aliphatic rings. The summed E-state index contributed by atoms with van der Waals surface area (Å²) in [6, 6.07) is 7.68. The minimum atomic E-state index is -0.0179. The zero-order valence-electron chi connectivity index (χ0n) is 15.7. The molecule has 1 saturated heterocycles. The minimum Gasteiger partial charge on any atom is -0.376 e. The summed E-state index contributed by atoms with van der Waals surface area (Å²) in [5.74, 6) is 0.899. The van der Waals surface area contributed by atoms with E-state index in [0.29, 0.717) is 5.02 Å². The van der Waals surface area contributed by atoms with Crippen LogP contribution >= 0.6 is 11.6 Å². The highest BCUT2D eigenvalue weighted by atomic mass is 35.5. The van der Waals surface area contributed by atoms with Gasteiger partial charge >= 0.3 is 0 Å². The topological polar surface area (TPSA) is 85.9 Å². The number of aromatic nitrogens is 3. The molecule has 7 nitrogen and oxygen atoms in total. The van der Waals surface area contributed by atoms with Crippen molar-refractivity contribution in [3.05, 3.63) is 47.4 Å². The van der Waals surface area contributed by atoms with Crippen LogP contribution in [0.5, 0.6) is 0 Å². The third kappa shape index (κ3) is 4.04. The van der Waals surface area contributed by atoms with Gasteiger partial charge in [-0.3, -0.25) is 4.79 Å². The summed E-state index contributed by atoms with van der Waals surface area (Å²) in [4.78, 5) is 26.5. The molecule has 1 aromatic carbocycles. The lowest BCUT2D eigenvalue weighted by Crippen LogP contribution is -2.49. The fourth-order valence-electron chi connectivity index (χ4n) is 3.68. The van der Waals surface area contributed by atoms with Gasteiger partial charge in [0.25, 0.3) is 0 Å². The van der Waals surface area contributed by atoms with Gasteiger partial charge in [-0.2, -0.15) is 0 Å². The molecule has 0 bridgehead atoms. The molecule has 3 N–H and O–H groups in total. The lowest BCUT2D eigenvalue weighted by Gasteiger charge is -2.34. The fourth-order valence-corrected chi connectivity index (χ4v) is 3.90. The molecule has 0 aliphatic carbocycles. The third-order valence-electron chi connectivity index (χ3n) is 5.05. The second kappa shape index (κ2) is 8.06. The summed E-state index contributed by atoms with van der Waals surface area (Å²) >= 11 is 5.98. The van der Waals surface area contributed by atoms with Gasteiger partial charge in [0.1, 0.15) is 17.8 Å². The van der Waals surface area contributed by atoms with Crippen molar-refractivity contribution < 1.29 is 4.79 Å². The Hall–Kier alpha value is -2.80. The molecular weight excluding hydrogens is 376 g/mol. The molecule has 0 radical (unpaired) electrons. The van der Waals surface area contributed by atoms with Gasteiger partial charge in [0.15, 0.2) is 0 Å². The average Bonchev–Trinajstić information content (AvgIpc) is 3.16. The summed E-state index contributed by atoms with van der Waals surface area (Å²) in [6.07, 6.45) is 5.42. The van der Waals surface area contributed by atoms with E-state index in [4.69, 9.17) is 11.6 Å². The van der Waals surface area contributed by atoms with Crippen LogP contribution in [0.15, 0.2) is 36.8 Å². The number of fused-ring (bicyclic) bond motifs is 1. The largest absolute Gasteiger partial charge is 0.376 e. The number of benzene rings is 1. The maximum absolute atomic E-state index is 12.4. The molecule has 1 amide bonds. The average molecular weight is 399 g/mol. The number of nitrogens with zero attached hydrogens (tertiary/aromatic N) is 3. The van der Waals surface area contributed by atoms with Crippen molar-refractivity contribution in [1.29, 1.82) is 0 Å². The van der Waals surface area contributed by atoms with Crippen LogP contribution in [0.4, 0.5) is 11.5 Å². The highest BCUT2D eigenvalue weighted by molar-refractivity contribution is 6.30. The molecule has 8 heteroatoms. The van der Waals surface area contributed by atoms with Crippen LogP contribution in [-0.2, 0) is 4.79 Å². The van der Waals surface area contributed by atoms with Crippen molar-refractivity contribution in [3.8, 4) is 0 Å². The highest BCUT2D eigenvalue weighted by Crippen LogP contribution is 2.25. The summed E-state index contributed by atoms with van der Waals surface area (Å²) in [7, 11) is 0. The number of anilines is 2. The second-order valence-electron chi connectivity index (χ2n) is 7.10. The predicted molar refractivity (Wildman–Crippen MR) is 112 cm³/mol. The van der Waals surface area contributed by atoms with Gasteiger partial charge in [-0.25, -0.2) is 9.97 Å². The van der Waals surface area contributed by atoms with Crippen LogP contribution in [-0.4, -0.2) is 46.5 Å². The Morgan fingerprint density at radius 3 is 3.11 bits per heavy atom. The van der Waals surface area contributed by atoms with Crippen LogP contribution in [0.1, 0.15) is 18.4 Å². The number of amides is 1. The van der Waals surface area contributed by atoms with E-state index in [1.165, 1.54) is 0 Å². The summed E-state index contributed by atoms with van der Waals surface area (Å²) in [5.41, 5.74) is 2.77. The van der Waals surface area contributed by atoms with Gasteiger partial charge < -0.3 is 20.5 Å². The molecule has 3 aromatic rings. The number of halogens is 1. The molecule has 28 heavy (non-hydrogen) atoms. The Morgan fingerprint density at radius 1 is 1.36 bits per heavy atom. The maximum Gasteiger partial charge on any atom is 0.239 e. The number of aromatic amines is 1. The summed E-state index contributed by atoms with van der Waals surface area (Å²) in [5, 5.41) is 8.02. The summed E-state index contributed by atoms with van der Waals surface area (Å²) < 4.78 is 0. The first-order valence-electron chi connectivity index (χ1n) is 9.42. The molecular formula is C20H23ClN6O. The first-order valence-corrected chi connectivity index (χ1v) is 9.80. The number of hydrogen-bond acceptors (Lipinski definition) is 5. The van der Waals surface area contributed by atoms with Crippen molar-refractivity contribution in [2.45, 2.75) is 25.8 Å². The van der Waals surface area contributed by atoms with Gasteiger partial charge in [-0.05, 0) is 49.6 Å². The number of aryl methyl sites for hydroxylation is 1. The Balaban J connectivity index is 1.36. The minimum absolute atomic E-state index is 0.0179. The predicted octanol–water partition coefficient (Wildman–Crippen LogP) is 3.12. The molecule has 1 atom stereocenters. The molecule has 0 spiro atoms. The van der Waals surface area contributed by atoms with E-state index < -0.39 is 0 Å². The van der Waals surface area contributed by atoms with Crippen molar-refractivity contribution in [1.82, 2.24) is 20.3 Å². The van der Waals surface area contributed by atoms with E-state index >= 15 is 0 Å². The molecule has 1 aliphatic heterocycles. The lowest BCUT2D eigenvalue weighted by atomic mass is 10.1. The van der Waals surface area contributed by atoms with Gasteiger partial charge in [-0.15, -0.1) is 0 Å². The lowest BCUT2D eigenvalue weighted by molar-refractivity contribution is -0.120. The Kier molecular flexibility index (Phi) is 5.34. The third-order valence-corrected chi connectivity index (χ3v) is 5.28. The number of piperidine rings is 1. The van der Waals surface area contributed by atoms with E-state index in [0.717, 1.165) is 54.0 Å². The number of carbonyl (C=O) groups excluding carboxylic acids is 1. The number of hydrogen-bond donors (Lipinski definition) is 3. The number of H-pyrrole nitrogens is 1. The Morgan fingerprint density at radius 2 is 2.25 bits per heavy atom. The second-order valence-corrected chi connectivity index (χ2v) is 7.54. The normalized spacial score (nSPS) is 16.9. The van der Waals surface area contributed by atoms with Crippen LogP contribution in [0.3, 0.4) is 0 Å². The SMILES string of the molecule is Cc1cc(Cl)ccc1NCC(=O)N[C@@H]1CCCN(c2ncnc3[nH]ccc23)C1. The van der Waals surface area contributed by atoms with E-state index in [-0.39, 0.29) is 18.5 Å². The number of rotatable bonds is 5. The molecule has 0 saturated carbocycles. The van der Waals surface area contributed by atoms with Crippen LogP contribution in [0.2, 0.25) is 5.02 Å². The van der Waals surface area contributed by atoms with E-state index in [1.54, 1.807) is 6.33 Å². The standard InChI is InChI=1S/C20H23ClN6O/c1-13-9-14(21)4-5-17(13)23-10-18(28)26-15-3-2-8-27(11-15)20-16-6-7-22-19(16)24-12-25-20/h4-7,9,12,15,23H,2-3,8,10-11H2,1H3,(H,26,28)(H,22,24,25)/t15-/m1/s1. The van der Waals surface area contributed by atoms with E-state index in [9.17, 15) is 4.79 Å². The molecule has 1 fully saturated rings. The molecule has 146 valence electrons. The van der Waals surface area contributed by atoms with Gasteiger partial charge in [0, 0.05) is 36.0 Å². The van der Waals surface area contributed by atoms with Crippen molar-refractivity contribution in [2.24, 2.45) is 0 Å². The van der Waals surface area contributed by atoms with Crippen LogP contribution < -0.4 is 15.5 Å². The zero-order chi connectivity index (χ0) is 19.5. The molecule has 2 aromatic heterocycles. The van der Waals surface area contributed by atoms with Gasteiger partial charge in [0.05, 0.1) is 11.9 Å². The molecule has 4 rings (SSSR count). The zero-order valence-corrected chi connectivity index (χ0v) is 16.5. The fraction of sp³-hybridized carbons (Fsp3) is 0.350. The van der Waals surface area contributed by atoms with Crippen molar-refractivity contribution >= 4 is 40.0 Å². The van der Waals surface area contributed by atoms with Crippen LogP contribution in [0.25, 0.3) is 11.0 Å². The smallest absolute Gasteiger partial charge is 0.239 e. The van der Waals surface area contributed by atoms with Crippen LogP contribution in [0, 0.1) is 6.92 Å². The van der Waals surface area contributed by atoms with Crippen molar-refractivity contribution in [2.75, 3.05) is 29.9 Å². The Bertz CT molecular complexity index is 988. The number of nitrogens with one attached hydrogen (secondary N) is 3. The monoisotopic (exact) mass is 398 g/mol. The van der Waals surface area contributed by atoms with Gasteiger partial charge in [-0.1, -0.05) is 11.6 Å². The highest BCUT2D eigenvalue weighted by Gasteiger charge is 2.23. The first-order chi connectivity index (χ1) is 13.6. The molecule has 3 heterocycles. The van der Waals surface area contributed by atoms with E-state index in [1.807, 2.05) is 37.4 Å².